The van der Waals surface area contributed by atoms with Crippen molar-refractivity contribution >= 4 is 46.4 Å². The van der Waals surface area contributed by atoms with E-state index in [0.29, 0.717) is 61.3 Å². The molecule has 40 heavy (non-hydrogen) atoms. The summed E-state index contributed by atoms with van der Waals surface area (Å²) in [5, 5.41) is 3.75. The predicted molar refractivity (Wildman–Crippen MR) is 153 cm³/mol. The van der Waals surface area contributed by atoms with Gasteiger partial charge in [0.1, 0.15) is 17.3 Å². The number of amides is 2. The second-order valence-corrected chi connectivity index (χ2v) is 10.8. The lowest BCUT2D eigenvalue weighted by Crippen LogP contribution is -2.51. The fourth-order valence-electron chi connectivity index (χ4n) is 5.71. The molecule has 2 aromatic heterocycles. The van der Waals surface area contributed by atoms with E-state index in [-0.39, 0.29) is 11.7 Å². The van der Waals surface area contributed by atoms with Gasteiger partial charge in [0.2, 0.25) is 0 Å². The molecule has 0 radical (unpaired) electrons. The van der Waals surface area contributed by atoms with E-state index in [4.69, 9.17) is 37.7 Å². The van der Waals surface area contributed by atoms with E-state index >= 15 is 0 Å². The molecule has 2 aliphatic heterocycles. The van der Waals surface area contributed by atoms with Crippen LogP contribution < -0.4 is 19.7 Å². The summed E-state index contributed by atoms with van der Waals surface area (Å²) in [7, 11) is 3.13. The number of hydrogen-bond donors (Lipinski definition) is 1. The minimum atomic E-state index is -1.60. The smallest absolute Gasteiger partial charge is 0.280 e. The Morgan fingerprint density at radius 1 is 1.00 bits per heavy atom. The Hall–Kier alpha value is -4.08. The molecule has 2 aliphatic rings. The van der Waals surface area contributed by atoms with Gasteiger partial charge < -0.3 is 19.4 Å². The molecule has 0 saturated heterocycles. The number of pyridine rings is 1. The summed E-state index contributed by atoms with van der Waals surface area (Å²) in [6.45, 7) is 5.72. The number of imidazole rings is 1. The minimum Gasteiger partial charge on any atom is -0.497 e. The monoisotopic (exact) mass is 577 g/mol. The molecule has 1 N–H and O–H groups in total. The van der Waals surface area contributed by atoms with Gasteiger partial charge in [-0.05, 0) is 51.1 Å². The van der Waals surface area contributed by atoms with Gasteiger partial charge in [0.25, 0.3) is 11.8 Å². The number of methoxy groups -OCH3 is 2. The number of anilines is 2. The summed E-state index contributed by atoms with van der Waals surface area (Å²) in [4.78, 5) is 39.5. The lowest BCUT2D eigenvalue weighted by atomic mass is 9.87. The van der Waals surface area contributed by atoms with Crippen molar-refractivity contribution in [3.05, 3.63) is 81.4 Å². The molecule has 0 aliphatic carbocycles. The van der Waals surface area contributed by atoms with Crippen molar-refractivity contribution in [2.75, 3.05) is 24.4 Å². The van der Waals surface area contributed by atoms with Gasteiger partial charge in [0.15, 0.2) is 11.2 Å². The average molecular weight is 578 g/mol. The lowest BCUT2D eigenvalue weighted by Gasteiger charge is -2.36. The van der Waals surface area contributed by atoms with E-state index in [9.17, 15) is 9.59 Å². The quantitative estimate of drug-likeness (QED) is 0.311. The first-order valence-electron chi connectivity index (χ1n) is 12.6. The zero-order valence-electron chi connectivity index (χ0n) is 22.4. The average Bonchev–Trinajstić information content (AvgIpc) is 3.53. The number of rotatable bonds is 5. The fraction of sp³-hybridized carbons (Fsp3) is 0.241. The highest BCUT2D eigenvalue weighted by Crippen LogP contribution is 2.55. The number of carbonyl (C=O) groups excluding carboxylic acids is 2. The molecular formula is C29H25Cl2N5O4. The Labute approximate surface area is 240 Å². The van der Waals surface area contributed by atoms with Crippen LogP contribution in [0, 0.1) is 6.92 Å². The molecule has 2 amide bonds. The zero-order chi connectivity index (χ0) is 28.5. The van der Waals surface area contributed by atoms with Crippen molar-refractivity contribution in [3.8, 4) is 22.9 Å². The van der Waals surface area contributed by atoms with Crippen LogP contribution in [0.5, 0.6) is 11.5 Å². The minimum absolute atomic E-state index is 0.152. The third-order valence-corrected chi connectivity index (χ3v) is 7.82. The van der Waals surface area contributed by atoms with Crippen LogP contribution in [-0.2, 0) is 10.3 Å². The number of carbonyl (C=O) groups is 2. The Morgan fingerprint density at radius 2 is 1.77 bits per heavy atom. The second kappa shape index (κ2) is 9.25. The number of nitrogens with one attached hydrogen (secondary N) is 1. The van der Waals surface area contributed by atoms with E-state index < -0.39 is 17.4 Å². The molecule has 0 unspecified atom stereocenters. The summed E-state index contributed by atoms with van der Waals surface area (Å²) in [6.07, 6.45) is 1.50. The lowest BCUT2D eigenvalue weighted by molar-refractivity contribution is -0.119. The van der Waals surface area contributed by atoms with Crippen molar-refractivity contribution in [1.82, 2.24) is 14.5 Å². The maximum absolute atomic E-state index is 14.4. The SMILES string of the molecule is COc1ccc(-c2nc3c(n2C(C)C)[C@@]2(C(=O)Nc4cc(Cl)ccc42)N(c2cc(Cl)cnc2C)C3=O)c(OC)c1. The van der Waals surface area contributed by atoms with Crippen LogP contribution in [0.1, 0.15) is 47.3 Å². The normalized spacial score (nSPS) is 17.4. The first kappa shape index (κ1) is 26.2. The summed E-state index contributed by atoms with van der Waals surface area (Å²) in [6, 6.07) is 12.0. The molecule has 2 aromatic carbocycles. The molecule has 204 valence electrons. The van der Waals surface area contributed by atoms with Gasteiger partial charge in [0.05, 0.1) is 41.9 Å². The van der Waals surface area contributed by atoms with Gasteiger partial charge >= 0.3 is 0 Å². The van der Waals surface area contributed by atoms with Gasteiger partial charge in [-0.2, -0.15) is 0 Å². The Kier molecular flexibility index (Phi) is 6.05. The summed E-state index contributed by atoms with van der Waals surface area (Å²) in [5.41, 5.74) is 1.67. The van der Waals surface area contributed by atoms with Crippen LogP contribution in [0.3, 0.4) is 0 Å². The Bertz CT molecular complexity index is 1730. The third-order valence-electron chi connectivity index (χ3n) is 7.38. The van der Waals surface area contributed by atoms with Gasteiger partial charge in [-0.1, -0.05) is 29.3 Å². The van der Waals surface area contributed by atoms with Gasteiger partial charge in [-0.3, -0.25) is 19.5 Å². The number of halogens is 2. The highest BCUT2D eigenvalue weighted by molar-refractivity contribution is 6.32. The number of hydrogen-bond acceptors (Lipinski definition) is 6. The maximum atomic E-state index is 14.4. The zero-order valence-corrected chi connectivity index (χ0v) is 23.9. The summed E-state index contributed by atoms with van der Waals surface area (Å²) >= 11 is 12.7. The van der Waals surface area contributed by atoms with Crippen molar-refractivity contribution in [2.45, 2.75) is 32.4 Å². The molecule has 4 aromatic rings. The molecule has 0 bridgehead atoms. The first-order chi connectivity index (χ1) is 19.1. The molecule has 9 nitrogen and oxygen atoms in total. The number of ether oxygens (including phenoxy) is 2. The molecule has 1 spiro atoms. The number of nitrogens with zero attached hydrogens (tertiary/aromatic N) is 4. The molecule has 0 saturated carbocycles. The Balaban J connectivity index is 1.73. The van der Waals surface area contributed by atoms with Crippen LogP contribution in [0.25, 0.3) is 11.4 Å². The molecule has 0 fully saturated rings. The molecule has 11 heteroatoms. The summed E-state index contributed by atoms with van der Waals surface area (Å²) < 4.78 is 13.0. The van der Waals surface area contributed by atoms with Crippen molar-refractivity contribution < 1.29 is 19.1 Å². The largest absolute Gasteiger partial charge is 0.497 e. The topological polar surface area (TPSA) is 98.6 Å². The second-order valence-electron chi connectivity index (χ2n) is 9.92. The fourth-order valence-corrected chi connectivity index (χ4v) is 6.03. The first-order valence-corrected chi connectivity index (χ1v) is 13.3. The van der Waals surface area contributed by atoms with Gasteiger partial charge in [0, 0.05) is 34.6 Å². The number of aryl methyl sites for hydroxylation is 1. The number of benzene rings is 2. The number of aromatic nitrogens is 3. The van der Waals surface area contributed by atoms with Crippen LogP contribution in [0.4, 0.5) is 11.4 Å². The predicted octanol–water partition coefficient (Wildman–Crippen LogP) is 6.01. The van der Waals surface area contributed by atoms with E-state index in [1.165, 1.54) is 11.1 Å². The molecule has 1 atom stereocenters. The van der Waals surface area contributed by atoms with E-state index in [1.54, 1.807) is 57.5 Å². The third kappa shape index (κ3) is 3.47. The van der Waals surface area contributed by atoms with Gasteiger partial charge in [-0.15, -0.1) is 0 Å². The molecular weight excluding hydrogens is 553 g/mol. The van der Waals surface area contributed by atoms with Crippen molar-refractivity contribution in [1.29, 1.82) is 0 Å². The van der Waals surface area contributed by atoms with E-state index in [1.807, 2.05) is 24.5 Å². The van der Waals surface area contributed by atoms with Crippen LogP contribution in [0.15, 0.2) is 48.7 Å². The van der Waals surface area contributed by atoms with Crippen LogP contribution in [0.2, 0.25) is 10.0 Å². The highest BCUT2D eigenvalue weighted by Gasteiger charge is 2.64. The highest BCUT2D eigenvalue weighted by atomic mass is 35.5. The van der Waals surface area contributed by atoms with Crippen molar-refractivity contribution in [3.63, 3.8) is 0 Å². The van der Waals surface area contributed by atoms with E-state index in [2.05, 4.69) is 10.3 Å². The van der Waals surface area contributed by atoms with Crippen LogP contribution in [-0.4, -0.2) is 40.6 Å². The van der Waals surface area contributed by atoms with Crippen LogP contribution >= 0.6 is 23.2 Å². The van der Waals surface area contributed by atoms with Gasteiger partial charge in [-0.25, -0.2) is 4.98 Å². The molecule has 6 rings (SSSR count). The molecule has 4 heterocycles. The summed E-state index contributed by atoms with van der Waals surface area (Å²) in [5.74, 6) is 0.753. The standard InChI is InChI=1S/C29H25Cl2N5O4/c1-14(2)35-25-24(34-26(35)19-8-7-18(39-4)12-23(19)40-5)27(37)36(22-11-17(31)13-32-15(22)3)29(25)20-9-6-16(30)10-21(20)33-28(29)38/h6-14H,1-5H3,(H,33,38)/t29-/m0/s1. The number of fused-ring (bicyclic) bond motifs is 4. The Morgan fingerprint density at radius 3 is 2.48 bits per heavy atom. The maximum Gasteiger partial charge on any atom is 0.280 e. The van der Waals surface area contributed by atoms with Crippen molar-refractivity contribution in [2.24, 2.45) is 0 Å². The van der Waals surface area contributed by atoms with E-state index in [0.717, 1.165) is 0 Å².